The van der Waals surface area contributed by atoms with Gasteiger partial charge in [-0.15, -0.1) is 11.3 Å². The van der Waals surface area contributed by atoms with E-state index in [9.17, 15) is 0 Å². The third-order valence-corrected chi connectivity index (χ3v) is 4.44. The molecular weight excluding hydrogens is 294 g/mol. The number of thiazole rings is 1. The Kier molecular flexibility index (Phi) is 3.41. The summed E-state index contributed by atoms with van der Waals surface area (Å²) in [6, 6.07) is 8.80. The summed E-state index contributed by atoms with van der Waals surface area (Å²) in [4.78, 5) is 5.64. The zero-order valence-electron chi connectivity index (χ0n) is 10.5. The molecule has 0 aliphatic carbocycles. The van der Waals surface area contributed by atoms with Crippen molar-refractivity contribution in [1.29, 1.82) is 0 Å². The summed E-state index contributed by atoms with van der Waals surface area (Å²) < 4.78 is 0.949. The van der Waals surface area contributed by atoms with E-state index in [2.05, 4.69) is 66.0 Å². The lowest BCUT2D eigenvalue weighted by atomic mass is 9.86. The Morgan fingerprint density at radius 1 is 1.12 bits per heavy atom. The Bertz CT molecular complexity index is 520. The van der Waals surface area contributed by atoms with Gasteiger partial charge in [0.25, 0.3) is 0 Å². The van der Waals surface area contributed by atoms with Crippen molar-refractivity contribution in [1.82, 2.24) is 4.98 Å². The number of aromatic nitrogens is 1. The van der Waals surface area contributed by atoms with Gasteiger partial charge in [-0.2, -0.15) is 0 Å². The van der Waals surface area contributed by atoms with Crippen LogP contribution in [0, 0.1) is 6.92 Å². The van der Waals surface area contributed by atoms with E-state index in [1.807, 2.05) is 6.92 Å². The lowest BCUT2D eigenvalue weighted by molar-refractivity contribution is 0.590. The Labute approximate surface area is 115 Å². The van der Waals surface area contributed by atoms with Crippen molar-refractivity contribution in [3.8, 4) is 10.4 Å². The molecule has 0 saturated carbocycles. The third kappa shape index (κ3) is 2.78. The van der Waals surface area contributed by atoms with Gasteiger partial charge in [-0.25, -0.2) is 4.98 Å². The van der Waals surface area contributed by atoms with Gasteiger partial charge in [0.05, 0.1) is 10.6 Å². The van der Waals surface area contributed by atoms with Crippen LogP contribution in [0.4, 0.5) is 0 Å². The smallest absolute Gasteiger partial charge is 0.159 e. The van der Waals surface area contributed by atoms with Gasteiger partial charge in [-0.3, -0.25) is 0 Å². The second kappa shape index (κ2) is 4.54. The SMILES string of the molecule is Cc1nc(Br)sc1-c1ccc(C(C)(C)C)cc1. The summed E-state index contributed by atoms with van der Waals surface area (Å²) in [5, 5.41) is 0. The number of hydrogen-bond donors (Lipinski definition) is 0. The molecule has 0 aliphatic heterocycles. The first-order valence-corrected chi connectivity index (χ1v) is 7.23. The molecule has 2 aromatic rings. The highest BCUT2D eigenvalue weighted by Gasteiger charge is 2.14. The van der Waals surface area contributed by atoms with Crippen LogP contribution in [0.15, 0.2) is 28.2 Å². The van der Waals surface area contributed by atoms with Crippen molar-refractivity contribution >= 4 is 27.3 Å². The predicted molar refractivity (Wildman–Crippen MR) is 78.7 cm³/mol. The lowest BCUT2D eigenvalue weighted by Gasteiger charge is -2.19. The van der Waals surface area contributed by atoms with Crippen LogP contribution in [0.5, 0.6) is 0 Å². The first-order valence-electron chi connectivity index (χ1n) is 5.62. The zero-order valence-corrected chi connectivity index (χ0v) is 12.9. The summed E-state index contributed by atoms with van der Waals surface area (Å²) in [7, 11) is 0. The number of benzene rings is 1. The molecule has 1 nitrogen and oxygen atoms in total. The summed E-state index contributed by atoms with van der Waals surface area (Å²) in [5.74, 6) is 0. The number of aryl methyl sites for hydroxylation is 1. The molecule has 0 radical (unpaired) electrons. The molecule has 0 unspecified atom stereocenters. The van der Waals surface area contributed by atoms with Gasteiger partial charge in [0.2, 0.25) is 0 Å². The van der Waals surface area contributed by atoms with Crippen molar-refractivity contribution < 1.29 is 0 Å². The van der Waals surface area contributed by atoms with E-state index < -0.39 is 0 Å². The molecule has 0 saturated heterocycles. The maximum absolute atomic E-state index is 4.39. The Morgan fingerprint density at radius 3 is 2.12 bits per heavy atom. The van der Waals surface area contributed by atoms with E-state index >= 15 is 0 Å². The number of halogens is 1. The summed E-state index contributed by atoms with van der Waals surface area (Å²) in [6.07, 6.45) is 0. The fourth-order valence-corrected chi connectivity index (χ4v) is 3.30. The molecule has 0 N–H and O–H groups in total. The number of nitrogens with zero attached hydrogens (tertiary/aromatic N) is 1. The van der Waals surface area contributed by atoms with Crippen LogP contribution in [0.3, 0.4) is 0 Å². The van der Waals surface area contributed by atoms with Gasteiger partial charge in [0.15, 0.2) is 3.92 Å². The molecule has 2 rings (SSSR count). The lowest BCUT2D eigenvalue weighted by Crippen LogP contribution is -2.10. The molecule has 1 aromatic carbocycles. The van der Waals surface area contributed by atoms with Crippen molar-refractivity contribution in [2.45, 2.75) is 33.1 Å². The van der Waals surface area contributed by atoms with Gasteiger partial charge in [-0.05, 0) is 39.4 Å². The number of rotatable bonds is 1. The Balaban J connectivity index is 2.39. The average molecular weight is 310 g/mol. The van der Waals surface area contributed by atoms with Gasteiger partial charge < -0.3 is 0 Å². The molecule has 90 valence electrons. The molecular formula is C14H16BrNS. The van der Waals surface area contributed by atoms with Crippen LogP contribution in [-0.2, 0) is 5.41 Å². The molecule has 0 aliphatic rings. The minimum absolute atomic E-state index is 0.210. The second-order valence-electron chi connectivity index (χ2n) is 5.21. The molecule has 17 heavy (non-hydrogen) atoms. The molecule has 3 heteroatoms. The standard InChI is InChI=1S/C14H16BrNS/c1-9-12(17-13(15)16-9)10-5-7-11(8-6-10)14(2,3)4/h5-8H,1-4H3. The predicted octanol–water partition coefficient (Wildman–Crippen LogP) is 5.18. The van der Waals surface area contributed by atoms with Gasteiger partial charge in [0, 0.05) is 0 Å². The van der Waals surface area contributed by atoms with Crippen molar-refractivity contribution in [3.05, 3.63) is 39.4 Å². The van der Waals surface area contributed by atoms with E-state index in [1.165, 1.54) is 16.0 Å². The quantitative estimate of drug-likeness (QED) is 0.707. The van der Waals surface area contributed by atoms with E-state index in [4.69, 9.17) is 0 Å². The van der Waals surface area contributed by atoms with Gasteiger partial charge in [-0.1, -0.05) is 45.0 Å². The summed E-state index contributed by atoms with van der Waals surface area (Å²) in [5.41, 5.74) is 3.91. The zero-order chi connectivity index (χ0) is 12.6. The highest BCUT2D eigenvalue weighted by atomic mass is 79.9. The van der Waals surface area contributed by atoms with Crippen molar-refractivity contribution in [3.63, 3.8) is 0 Å². The maximum Gasteiger partial charge on any atom is 0.159 e. The molecule has 0 spiro atoms. The van der Waals surface area contributed by atoms with Crippen LogP contribution >= 0.6 is 27.3 Å². The van der Waals surface area contributed by atoms with Crippen molar-refractivity contribution in [2.75, 3.05) is 0 Å². The summed E-state index contributed by atoms with van der Waals surface area (Å²) in [6.45, 7) is 8.75. The topological polar surface area (TPSA) is 12.9 Å². The minimum atomic E-state index is 0.210. The summed E-state index contributed by atoms with van der Waals surface area (Å²) >= 11 is 5.12. The molecule has 0 bridgehead atoms. The Morgan fingerprint density at radius 2 is 1.71 bits per heavy atom. The first-order chi connectivity index (χ1) is 7.88. The van der Waals surface area contributed by atoms with E-state index in [0.29, 0.717) is 0 Å². The Hall–Kier alpha value is -0.670. The van der Waals surface area contributed by atoms with E-state index in [1.54, 1.807) is 11.3 Å². The van der Waals surface area contributed by atoms with Crippen LogP contribution in [0.1, 0.15) is 32.0 Å². The molecule has 1 aromatic heterocycles. The van der Waals surface area contributed by atoms with Crippen LogP contribution < -0.4 is 0 Å². The van der Waals surface area contributed by atoms with Gasteiger partial charge in [0.1, 0.15) is 0 Å². The fourth-order valence-electron chi connectivity index (χ4n) is 1.75. The van der Waals surface area contributed by atoms with E-state index in [0.717, 1.165) is 9.61 Å². The maximum atomic E-state index is 4.39. The van der Waals surface area contributed by atoms with E-state index in [-0.39, 0.29) is 5.41 Å². The molecule has 0 amide bonds. The number of hydrogen-bond acceptors (Lipinski definition) is 2. The first kappa shape index (κ1) is 12.8. The van der Waals surface area contributed by atoms with Crippen molar-refractivity contribution in [2.24, 2.45) is 0 Å². The van der Waals surface area contributed by atoms with Crippen LogP contribution in [-0.4, -0.2) is 4.98 Å². The highest BCUT2D eigenvalue weighted by molar-refractivity contribution is 9.11. The monoisotopic (exact) mass is 309 g/mol. The molecule has 1 heterocycles. The second-order valence-corrected chi connectivity index (χ2v) is 7.48. The fraction of sp³-hybridized carbons (Fsp3) is 0.357. The largest absolute Gasteiger partial charge is 0.234 e. The normalized spacial score (nSPS) is 11.8. The minimum Gasteiger partial charge on any atom is -0.234 e. The molecule has 0 fully saturated rings. The molecule has 0 atom stereocenters. The van der Waals surface area contributed by atoms with Crippen LogP contribution in [0.2, 0.25) is 0 Å². The third-order valence-electron chi connectivity index (χ3n) is 2.78. The van der Waals surface area contributed by atoms with Gasteiger partial charge >= 0.3 is 0 Å². The highest BCUT2D eigenvalue weighted by Crippen LogP contribution is 2.33. The average Bonchev–Trinajstić information content (AvgIpc) is 2.57. The van der Waals surface area contributed by atoms with Crippen LogP contribution in [0.25, 0.3) is 10.4 Å².